The van der Waals surface area contributed by atoms with E-state index in [4.69, 9.17) is 0 Å². The first-order valence-corrected chi connectivity index (χ1v) is 14.4. The van der Waals surface area contributed by atoms with Gasteiger partial charge in [0.2, 0.25) is 19.7 Å². The molecule has 0 saturated heterocycles. The molecule has 5 rings (SSSR count). The Kier molecular flexibility index (Phi) is 4.74. The van der Waals surface area contributed by atoms with Gasteiger partial charge in [0, 0.05) is 32.0 Å². The molecule has 0 spiro atoms. The Balaban J connectivity index is 2.01. The van der Waals surface area contributed by atoms with Crippen molar-refractivity contribution in [2.75, 3.05) is 0 Å². The van der Waals surface area contributed by atoms with Crippen molar-refractivity contribution in [2.45, 2.75) is 55.3 Å². The zero-order valence-electron chi connectivity index (χ0n) is 18.2. The van der Waals surface area contributed by atoms with Crippen LogP contribution in [0.3, 0.4) is 0 Å². The van der Waals surface area contributed by atoms with Gasteiger partial charge in [-0.25, -0.2) is 16.8 Å². The van der Waals surface area contributed by atoms with Gasteiger partial charge in [-0.3, -0.25) is 0 Å². The first kappa shape index (κ1) is 24.8. The maximum atomic E-state index is 15.4. The Hall–Kier alpha value is -1.90. The minimum Gasteiger partial charge on any atom is -0.219 e. The van der Waals surface area contributed by atoms with Crippen LogP contribution in [0.25, 0.3) is 11.1 Å². The predicted molar refractivity (Wildman–Crippen MR) is 120 cm³/mol. The number of thiophene rings is 2. The molecule has 188 valence electrons. The number of rotatable bonds is 2. The fraction of sp³-hybridized carbons (Fsp3) is 0.333. The molecule has 0 fully saturated rings. The number of halogens is 6. The lowest BCUT2D eigenvalue weighted by molar-refractivity contribution is -0.263. The van der Waals surface area contributed by atoms with Crippen molar-refractivity contribution in [1.82, 2.24) is 0 Å². The Morgan fingerprint density at radius 3 is 1.26 bits per heavy atom. The van der Waals surface area contributed by atoms with E-state index >= 15 is 17.6 Å². The Bertz CT molecular complexity index is 1560. The van der Waals surface area contributed by atoms with Crippen LogP contribution in [0.1, 0.15) is 33.4 Å². The van der Waals surface area contributed by atoms with E-state index in [9.17, 15) is 25.6 Å². The maximum absolute atomic E-state index is 15.4. The summed E-state index contributed by atoms with van der Waals surface area (Å²) in [5.41, 5.74) is -5.60. The first-order chi connectivity index (χ1) is 15.8. The van der Waals surface area contributed by atoms with Crippen LogP contribution in [0, 0.1) is 13.8 Å². The van der Waals surface area contributed by atoms with Gasteiger partial charge in [0.25, 0.3) is 0 Å². The normalized spacial score (nSPS) is 25.0. The summed E-state index contributed by atoms with van der Waals surface area (Å²) in [7, 11) is -8.83. The van der Waals surface area contributed by atoms with E-state index < -0.39 is 79.3 Å². The van der Waals surface area contributed by atoms with Gasteiger partial charge in [-0.05, 0) is 39.8 Å². The molecule has 0 radical (unpaired) electrons. The van der Waals surface area contributed by atoms with Gasteiger partial charge in [-0.15, -0.1) is 22.7 Å². The van der Waals surface area contributed by atoms with Crippen molar-refractivity contribution in [3.8, 4) is 0 Å². The summed E-state index contributed by atoms with van der Waals surface area (Å²) in [4.78, 5) is -2.48. The minimum atomic E-state index is -5.96. The fourth-order valence-corrected chi connectivity index (χ4v) is 10.8. The van der Waals surface area contributed by atoms with Crippen LogP contribution in [0.4, 0.5) is 26.3 Å². The molecule has 0 aromatic carbocycles. The second-order valence-electron chi connectivity index (χ2n) is 8.44. The second-order valence-corrected chi connectivity index (χ2v) is 15.1. The van der Waals surface area contributed by atoms with Crippen molar-refractivity contribution in [3.05, 3.63) is 52.6 Å². The van der Waals surface area contributed by atoms with Gasteiger partial charge >= 0.3 is 17.8 Å². The van der Waals surface area contributed by atoms with E-state index in [1.807, 2.05) is 0 Å². The van der Waals surface area contributed by atoms with E-state index in [0.29, 0.717) is 32.4 Å². The van der Waals surface area contributed by atoms with Crippen LogP contribution >= 0.6 is 22.7 Å². The number of fused-ring (bicyclic) bond motifs is 2. The highest BCUT2D eigenvalue weighted by Gasteiger charge is 2.81. The van der Waals surface area contributed by atoms with Crippen molar-refractivity contribution in [2.24, 2.45) is 0 Å². The number of hydrogen-bond donors (Lipinski definition) is 0. The molecule has 2 aliphatic heterocycles. The van der Waals surface area contributed by atoms with Gasteiger partial charge < -0.3 is 0 Å². The molecule has 4 nitrogen and oxygen atoms in total. The number of sulfone groups is 2. The second kappa shape index (κ2) is 6.69. The third-order valence-electron chi connectivity index (χ3n) is 6.35. The van der Waals surface area contributed by atoms with E-state index in [1.54, 1.807) is 0 Å². The number of allylic oxidation sites excluding steroid dienone is 6. The zero-order valence-corrected chi connectivity index (χ0v) is 21.5. The van der Waals surface area contributed by atoms with Crippen molar-refractivity contribution >= 4 is 53.5 Å². The number of alkyl halides is 6. The Morgan fingerprint density at radius 2 is 0.943 bits per heavy atom. The maximum Gasteiger partial charge on any atom is 0.380 e. The molecule has 0 saturated carbocycles. The van der Waals surface area contributed by atoms with E-state index in [-0.39, 0.29) is 9.75 Å². The molecule has 35 heavy (non-hydrogen) atoms. The molecular weight excluding hydrogens is 558 g/mol. The van der Waals surface area contributed by atoms with Crippen LogP contribution in [-0.4, -0.2) is 34.6 Å². The summed E-state index contributed by atoms with van der Waals surface area (Å²) in [6, 6.07) is 2.31. The average molecular weight is 573 g/mol. The molecule has 3 aliphatic rings. The van der Waals surface area contributed by atoms with E-state index in [1.165, 1.54) is 13.8 Å². The van der Waals surface area contributed by atoms with Crippen LogP contribution in [-0.2, 0) is 19.7 Å². The lowest BCUT2D eigenvalue weighted by atomic mass is 9.92. The third-order valence-corrected chi connectivity index (χ3v) is 12.6. The van der Waals surface area contributed by atoms with E-state index in [0.717, 1.165) is 26.0 Å². The van der Waals surface area contributed by atoms with Crippen molar-refractivity contribution in [1.29, 1.82) is 0 Å². The SMILES string of the molecule is CC1=C(C2=C(C3=C(C)S(=O)(=O)c4cc(C)sc43)C(F)(F)C(F)(F)C2(F)F)c2sc(C)cc2S1(=O)=O. The molecule has 14 heteroatoms. The quantitative estimate of drug-likeness (QED) is 0.392. The third kappa shape index (κ3) is 2.68. The average Bonchev–Trinajstić information content (AvgIpc) is 3.41. The first-order valence-electron chi connectivity index (χ1n) is 9.84. The van der Waals surface area contributed by atoms with Crippen molar-refractivity contribution in [3.63, 3.8) is 0 Å². The summed E-state index contributed by atoms with van der Waals surface area (Å²) in [5.74, 6) is -17.0. The monoisotopic (exact) mass is 572 g/mol. The predicted octanol–water partition coefficient (Wildman–Crippen LogP) is 6.38. The number of aryl methyl sites for hydroxylation is 2. The van der Waals surface area contributed by atoms with Crippen LogP contribution in [0.5, 0.6) is 0 Å². The standard InChI is InChI=1S/C21H14F6O4S4/c1-7-5-11-17(32-7)13(9(3)34(11,28)29)15-16(20(24,25)21(26,27)19(15,22)23)14-10(4)35(30,31)12-6-8(2)33-18(12)14/h5-6H,1-4H3. The Morgan fingerprint density at radius 1 is 0.629 bits per heavy atom. The smallest absolute Gasteiger partial charge is 0.219 e. The zero-order chi connectivity index (χ0) is 26.3. The van der Waals surface area contributed by atoms with Gasteiger partial charge in [0.15, 0.2) is 0 Å². The summed E-state index contributed by atoms with van der Waals surface area (Å²) < 4.78 is 143. The van der Waals surface area contributed by atoms with E-state index in [2.05, 4.69) is 0 Å². The van der Waals surface area contributed by atoms with Crippen LogP contribution < -0.4 is 0 Å². The Labute approximate surface area is 204 Å². The summed E-state index contributed by atoms with van der Waals surface area (Å²) >= 11 is 1.38. The highest BCUT2D eigenvalue weighted by atomic mass is 32.2. The van der Waals surface area contributed by atoms with Gasteiger partial charge in [0.1, 0.15) is 0 Å². The highest BCUT2D eigenvalue weighted by molar-refractivity contribution is 7.96. The molecule has 2 aromatic rings. The lowest BCUT2D eigenvalue weighted by Crippen LogP contribution is -2.49. The molecule has 2 aromatic heterocycles. The minimum absolute atomic E-state index is 0.334. The van der Waals surface area contributed by atoms with Gasteiger partial charge in [-0.2, -0.15) is 26.3 Å². The number of hydrogen-bond acceptors (Lipinski definition) is 6. The van der Waals surface area contributed by atoms with Gasteiger partial charge in [-0.1, -0.05) is 0 Å². The molecule has 0 N–H and O–H groups in total. The topological polar surface area (TPSA) is 68.3 Å². The summed E-state index contributed by atoms with van der Waals surface area (Å²) in [5, 5.41) is 0. The molecule has 1 aliphatic carbocycles. The van der Waals surface area contributed by atoms with Crippen LogP contribution in [0.15, 0.2) is 42.9 Å². The largest absolute Gasteiger partial charge is 0.380 e. The van der Waals surface area contributed by atoms with Crippen molar-refractivity contribution < 1.29 is 43.2 Å². The van der Waals surface area contributed by atoms with Gasteiger partial charge in [0.05, 0.1) is 29.4 Å². The molecule has 0 bridgehead atoms. The molecular formula is C21H14F6O4S4. The molecule has 0 unspecified atom stereocenters. The summed E-state index contributed by atoms with van der Waals surface area (Å²) in [6.07, 6.45) is 0. The molecule has 0 amide bonds. The van der Waals surface area contributed by atoms with Crippen LogP contribution in [0.2, 0.25) is 0 Å². The molecule has 4 heterocycles. The molecule has 0 atom stereocenters. The summed E-state index contributed by atoms with van der Waals surface area (Å²) in [6.45, 7) is 4.67. The highest BCUT2D eigenvalue weighted by Crippen LogP contribution is 2.68. The fourth-order valence-electron chi connectivity index (χ4n) is 4.62. The lowest BCUT2D eigenvalue weighted by Gasteiger charge is -2.26.